The molecule has 4 rings (SSSR count). The summed E-state index contributed by atoms with van der Waals surface area (Å²) in [5.74, 6) is 1.36. The first-order chi connectivity index (χ1) is 13.7. The van der Waals surface area contributed by atoms with Gasteiger partial charge in [0.2, 0.25) is 11.9 Å². The lowest BCUT2D eigenvalue weighted by Crippen LogP contribution is -2.48. The van der Waals surface area contributed by atoms with Gasteiger partial charge in [-0.25, -0.2) is 19.9 Å². The van der Waals surface area contributed by atoms with Crippen LogP contribution < -0.4 is 20.9 Å². The van der Waals surface area contributed by atoms with Crippen molar-refractivity contribution >= 4 is 17.8 Å². The quantitative estimate of drug-likeness (QED) is 0.692. The summed E-state index contributed by atoms with van der Waals surface area (Å²) in [6.45, 7) is 6.65. The summed E-state index contributed by atoms with van der Waals surface area (Å²) >= 11 is 0. The van der Waals surface area contributed by atoms with Crippen LogP contribution in [0, 0.1) is 0 Å². The van der Waals surface area contributed by atoms with Crippen molar-refractivity contribution in [2.24, 2.45) is 5.73 Å². The Kier molecular flexibility index (Phi) is 5.58. The number of aromatic nitrogens is 4. The van der Waals surface area contributed by atoms with Crippen molar-refractivity contribution in [3.05, 3.63) is 35.9 Å². The van der Waals surface area contributed by atoms with Gasteiger partial charge in [-0.05, 0) is 0 Å². The van der Waals surface area contributed by atoms with Crippen LogP contribution in [0.1, 0.15) is 15.9 Å². The second-order valence-corrected chi connectivity index (χ2v) is 6.88. The molecule has 0 atom stereocenters. The third-order valence-corrected chi connectivity index (χ3v) is 5.06. The molecule has 0 saturated carbocycles. The van der Waals surface area contributed by atoms with Crippen molar-refractivity contribution in [1.29, 1.82) is 0 Å². The van der Waals surface area contributed by atoms with E-state index in [2.05, 4.69) is 35.1 Å². The third kappa shape index (κ3) is 4.02. The monoisotopic (exact) mass is 383 g/mol. The summed E-state index contributed by atoms with van der Waals surface area (Å²) in [5.41, 5.74) is 7.05. The summed E-state index contributed by atoms with van der Waals surface area (Å²) in [5, 5.41) is 3.24. The average Bonchev–Trinajstić information content (AvgIpc) is 2.79. The van der Waals surface area contributed by atoms with Crippen LogP contribution in [0.15, 0.2) is 24.8 Å². The minimum atomic E-state index is -0.00376. The fourth-order valence-electron chi connectivity index (χ4n) is 3.37. The highest BCUT2D eigenvalue weighted by molar-refractivity contribution is 5.93. The van der Waals surface area contributed by atoms with E-state index in [0.29, 0.717) is 18.1 Å². The molecule has 3 N–H and O–H groups in total. The van der Waals surface area contributed by atoms with Gasteiger partial charge in [0.05, 0.1) is 5.56 Å². The first kappa shape index (κ1) is 18.5. The lowest BCUT2D eigenvalue weighted by molar-refractivity contribution is 0.0735. The number of carbonyl (C=O) groups excluding carboxylic acids is 1. The molecular weight excluding hydrogens is 358 g/mol. The highest BCUT2D eigenvalue weighted by atomic mass is 16.2. The van der Waals surface area contributed by atoms with E-state index in [0.717, 1.165) is 63.9 Å². The van der Waals surface area contributed by atoms with Gasteiger partial charge in [0.25, 0.3) is 5.91 Å². The van der Waals surface area contributed by atoms with Crippen LogP contribution in [-0.4, -0.2) is 83.1 Å². The van der Waals surface area contributed by atoms with Crippen molar-refractivity contribution in [3.63, 3.8) is 0 Å². The van der Waals surface area contributed by atoms with Crippen LogP contribution in [0.2, 0.25) is 0 Å². The minimum absolute atomic E-state index is 0.00376. The number of piperazine rings is 2. The standard InChI is InChI=1S/C18H25N9O/c19-9-14-10-21-17(22-11-14)26-5-7-27(8-6-26)18-23-12-15(13-24-18)16(28)25-3-1-20-2-4-25/h10-13,20H,1-9,19H2. The van der Waals surface area contributed by atoms with E-state index >= 15 is 0 Å². The molecule has 10 heteroatoms. The number of nitrogens with one attached hydrogen (secondary N) is 1. The SMILES string of the molecule is NCc1cnc(N2CCN(c3ncc(C(=O)N4CCNCC4)cn3)CC2)nc1. The maximum absolute atomic E-state index is 12.5. The Bertz CT molecular complexity index is 782. The summed E-state index contributed by atoms with van der Waals surface area (Å²) < 4.78 is 0. The fourth-order valence-corrected chi connectivity index (χ4v) is 3.37. The molecule has 4 heterocycles. The van der Waals surface area contributed by atoms with Crippen molar-refractivity contribution in [2.45, 2.75) is 6.54 Å². The summed E-state index contributed by atoms with van der Waals surface area (Å²) in [7, 11) is 0. The van der Waals surface area contributed by atoms with Crippen molar-refractivity contribution in [1.82, 2.24) is 30.2 Å². The van der Waals surface area contributed by atoms with E-state index < -0.39 is 0 Å². The van der Waals surface area contributed by atoms with E-state index in [1.54, 1.807) is 24.8 Å². The fraction of sp³-hybridized carbons (Fsp3) is 0.500. The van der Waals surface area contributed by atoms with Crippen LogP contribution >= 0.6 is 0 Å². The number of hydrogen-bond donors (Lipinski definition) is 2. The zero-order chi connectivity index (χ0) is 19.3. The maximum Gasteiger partial charge on any atom is 0.257 e. The third-order valence-electron chi connectivity index (χ3n) is 5.06. The summed E-state index contributed by atoms with van der Waals surface area (Å²) in [4.78, 5) is 36.2. The number of hydrogen-bond acceptors (Lipinski definition) is 9. The number of anilines is 2. The topological polar surface area (TPSA) is 116 Å². The Morgan fingerprint density at radius 1 is 0.857 bits per heavy atom. The van der Waals surface area contributed by atoms with Crippen LogP contribution in [0.25, 0.3) is 0 Å². The smallest absolute Gasteiger partial charge is 0.257 e. The van der Waals surface area contributed by atoms with E-state index in [9.17, 15) is 4.79 Å². The van der Waals surface area contributed by atoms with Crippen LogP contribution in [-0.2, 0) is 6.54 Å². The normalized spacial score (nSPS) is 17.7. The van der Waals surface area contributed by atoms with Gasteiger partial charge in [0.1, 0.15) is 0 Å². The highest BCUT2D eigenvalue weighted by Crippen LogP contribution is 2.15. The molecule has 1 amide bonds. The Morgan fingerprint density at radius 3 is 1.86 bits per heavy atom. The number of rotatable bonds is 4. The van der Waals surface area contributed by atoms with Crippen LogP contribution in [0.3, 0.4) is 0 Å². The molecule has 2 aliphatic heterocycles. The lowest BCUT2D eigenvalue weighted by atomic mass is 10.2. The van der Waals surface area contributed by atoms with Gasteiger partial charge in [-0.15, -0.1) is 0 Å². The Labute approximate surface area is 163 Å². The zero-order valence-corrected chi connectivity index (χ0v) is 15.8. The predicted molar refractivity (Wildman–Crippen MR) is 105 cm³/mol. The van der Waals surface area contributed by atoms with Gasteiger partial charge >= 0.3 is 0 Å². The van der Waals surface area contributed by atoms with E-state index in [4.69, 9.17) is 5.73 Å². The van der Waals surface area contributed by atoms with Crippen LogP contribution in [0.4, 0.5) is 11.9 Å². The highest BCUT2D eigenvalue weighted by Gasteiger charge is 2.22. The number of carbonyl (C=O) groups is 1. The summed E-state index contributed by atoms with van der Waals surface area (Å²) in [6.07, 6.45) is 6.80. The van der Waals surface area contributed by atoms with E-state index in [1.165, 1.54) is 0 Å². The van der Waals surface area contributed by atoms with Crippen molar-refractivity contribution in [2.75, 3.05) is 62.2 Å². The molecule has 2 aromatic heterocycles. The molecule has 0 aromatic carbocycles. The van der Waals surface area contributed by atoms with Gasteiger partial charge < -0.3 is 25.8 Å². The zero-order valence-electron chi connectivity index (χ0n) is 15.8. The Hall–Kier alpha value is -2.85. The molecule has 0 unspecified atom stereocenters. The van der Waals surface area contributed by atoms with E-state index in [1.807, 2.05) is 4.90 Å². The molecule has 2 aromatic rings. The molecular formula is C18H25N9O. The molecule has 0 radical (unpaired) electrons. The van der Waals surface area contributed by atoms with E-state index in [-0.39, 0.29) is 5.91 Å². The predicted octanol–water partition coefficient (Wildman–Crippen LogP) is -0.903. The molecule has 28 heavy (non-hydrogen) atoms. The molecule has 0 spiro atoms. The molecule has 0 bridgehead atoms. The lowest BCUT2D eigenvalue weighted by Gasteiger charge is -2.34. The molecule has 0 aliphatic carbocycles. The molecule has 10 nitrogen and oxygen atoms in total. The first-order valence-electron chi connectivity index (χ1n) is 9.57. The number of nitrogens with two attached hydrogens (primary N) is 1. The van der Waals surface area contributed by atoms with Gasteiger partial charge in [-0.3, -0.25) is 4.79 Å². The second-order valence-electron chi connectivity index (χ2n) is 6.88. The molecule has 2 saturated heterocycles. The van der Waals surface area contributed by atoms with Crippen molar-refractivity contribution in [3.8, 4) is 0 Å². The maximum atomic E-state index is 12.5. The van der Waals surface area contributed by atoms with Crippen molar-refractivity contribution < 1.29 is 4.79 Å². The Balaban J connectivity index is 1.34. The van der Waals surface area contributed by atoms with Gasteiger partial charge in [0, 0.05) is 89.3 Å². The average molecular weight is 383 g/mol. The number of nitrogens with zero attached hydrogens (tertiary/aromatic N) is 7. The van der Waals surface area contributed by atoms with Gasteiger partial charge in [-0.2, -0.15) is 0 Å². The Morgan fingerprint density at radius 2 is 1.36 bits per heavy atom. The summed E-state index contributed by atoms with van der Waals surface area (Å²) in [6, 6.07) is 0. The minimum Gasteiger partial charge on any atom is -0.337 e. The number of amides is 1. The van der Waals surface area contributed by atoms with Gasteiger partial charge in [0.15, 0.2) is 0 Å². The molecule has 2 aliphatic rings. The molecule has 2 fully saturated rings. The molecule has 148 valence electrons. The second kappa shape index (κ2) is 8.44. The van der Waals surface area contributed by atoms with Gasteiger partial charge in [-0.1, -0.05) is 0 Å². The van der Waals surface area contributed by atoms with Crippen LogP contribution in [0.5, 0.6) is 0 Å². The first-order valence-corrected chi connectivity index (χ1v) is 9.57. The largest absolute Gasteiger partial charge is 0.337 e.